The number of amides is 1. The quantitative estimate of drug-likeness (QED) is 0.568. The third-order valence-electron chi connectivity index (χ3n) is 2.55. The minimum atomic E-state index is 0.271. The third-order valence-corrected chi connectivity index (χ3v) is 2.55. The summed E-state index contributed by atoms with van der Waals surface area (Å²) in [5.41, 5.74) is 5.60. The normalized spacial score (nSPS) is 24.9. The van der Waals surface area contributed by atoms with Crippen LogP contribution in [0.15, 0.2) is 0 Å². The molecule has 0 saturated carbocycles. The van der Waals surface area contributed by atoms with Crippen molar-refractivity contribution in [2.75, 3.05) is 32.7 Å². The topological polar surface area (TPSA) is 49.6 Å². The molecule has 2 fully saturated rings. The first-order valence-electron chi connectivity index (χ1n) is 4.51. The van der Waals surface area contributed by atoms with Gasteiger partial charge in [0.1, 0.15) is 0 Å². The molecule has 2 heterocycles. The van der Waals surface area contributed by atoms with E-state index in [-0.39, 0.29) is 5.91 Å². The van der Waals surface area contributed by atoms with Crippen LogP contribution in [-0.4, -0.2) is 54.5 Å². The van der Waals surface area contributed by atoms with Crippen LogP contribution >= 0.6 is 0 Å². The summed E-state index contributed by atoms with van der Waals surface area (Å²) >= 11 is 0. The summed E-state index contributed by atoms with van der Waals surface area (Å²) in [6.45, 7) is 4.27. The first-order valence-corrected chi connectivity index (χ1v) is 4.51. The number of likely N-dealkylation sites (tertiary alicyclic amines) is 2. The highest BCUT2D eigenvalue weighted by atomic mass is 16.2. The molecule has 2 saturated heterocycles. The van der Waals surface area contributed by atoms with E-state index in [9.17, 15) is 4.79 Å². The van der Waals surface area contributed by atoms with Gasteiger partial charge in [-0.1, -0.05) is 0 Å². The van der Waals surface area contributed by atoms with Crippen LogP contribution in [0.1, 0.15) is 6.42 Å². The summed E-state index contributed by atoms with van der Waals surface area (Å²) in [5.74, 6) is 0.271. The summed E-state index contributed by atoms with van der Waals surface area (Å²) < 4.78 is 0. The molecule has 0 unspecified atom stereocenters. The zero-order valence-corrected chi connectivity index (χ0v) is 7.20. The Hall–Kier alpha value is -0.610. The van der Waals surface area contributed by atoms with Crippen LogP contribution in [0.5, 0.6) is 0 Å². The summed E-state index contributed by atoms with van der Waals surface area (Å²) in [7, 11) is 0. The van der Waals surface area contributed by atoms with Crippen molar-refractivity contribution in [2.24, 2.45) is 5.73 Å². The summed E-state index contributed by atoms with van der Waals surface area (Å²) in [5, 5.41) is 0. The summed E-state index contributed by atoms with van der Waals surface area (Å²) in [4.78, 5) is 15.4. The summed E-state index contributed by atoms with van der Waals surface area (Å²) in [6, 6.07) is 0.300. The lowest BCUT2D eigenvalue weighted by atomic mass is 10.1. The van der Waals surface area contributed by atoms with E-state index < -0.39 is 0 Å². The highest BCUT2D eigenvalue weighted by molar-refractivity contribution is 5.79. The Balaban J connectivity index is 1.69. The average molecular weight is 169 g/mol. The van der Waals surface area contributed by atoms with E-state index in [4.69, 9.17) is 5.73 Å². The Labute approximate surface area is 72.3 Å². The Morgan fingerprint density at radius 1 is 1.42 bits per heavy atom. The molecular weight excluding hydrogens is 154 g/mol. The van der Waals surface area contributed by atoms with E-state index in [2.05, 4.69) is 4.90 Å². The molecule has 2 aliphatic heterocycles. The van der Waals surface area contributed by atoms with Gasteiger partial charge in [0.2, 0.25) is 5.91 Å². The van der Waals surface area contributed by atoms with Crippen molar-refractivity contribution in [1.29, 1.82) is 0 Å². The number of rotatable bonds is 2. The zero-order chi connectivity index (χ0) is 8.55. The predicted octanol–water partition coefficient (Wildman–Crippen LogP) is -1.14. The smallest absolute Gasteiger partial charge is 0.236 e. The molecule has 0 spiro atoms. The van der Waals surface area contributed by atoms with Crippen LogP contribution in [0, 0.1) is 0 Å². The lowest BCUT2D eigenvalue weighted by molar-refractivity contribution is -0.136. The molecule has 0 bridgehead atoms. The second-order valence-electron chi connectivity index (χ2n) is 3.69. The first kappa shape index (κ1) is 8.01. The van der Waals surface area contributed by atoms with Gasteiger partial charge in [0.05, 0.1) is 6.54 Å². The van der Waals surface area contributed by atoms with Crippen LogP contribution in [0.4, 0.5) is 0 Å². The SMILES string of the molecule is NC1CN(CC(=O)N2CCC2)C1. The Morgan fingerprint density at radius 2 is 2.08 bits per heavy atom. The Bertz CT molecular complexity index is 185. The van der Waals surface area contributed by atoms with E-state index in [0.29, 0.717) is 12.6 Å². The molecule has 2 N–H and O–H groups in total. The second-order valence-corrected chi connectivity index (χ2v) is 3.69. The van der Waals surface area contributed by atoms with Crippen LogP contribution in [-0.2, 0) is 4.79 Å². The number of hydrogen-bond acceptors (Lipinski definition) is 3. The molecule has 0 atom stereocenters. The number of carbonyl (C=O) groups is 1. The van der Waals surface area contributed by atoms with Gasteiger partial charge in [-0.25, -0.2) is 0 Å². The monoisotopic (exact) mass is 169 g/mol. The molecular formula is C8H15N3O. The maximum atomic E-state index is 11.4. The van der Waals surface area contributed by atoms with E-state index in [1.807, 2.05) is 4.90 Å². The lowest BCUT2D eigenvalue weighted by Crippen LogP contribution is -2.59. The van der Waals surface area contributed by atoms with Crippen LogP contribution in [0.25, 0.3) is 0 Å². The molecule has 2 aliphatic rings. The predicted molar refractivity (Wildman–Crippen MR) is 45.6 cm³/mol. The van der Waals surface area contributed by atoms with Gasteiger partial charge in [-0.05, 0) is 6.42 Å². The van der Waals surface area contributed by atoms with Crippen molar-refractivity contribution in [3.63, 3.8) is 0 Å². The minimum Gasteiger partial charge on any atom is -0.341 e. The van der Waals surface area contributed by atoms with Crippen molar-refractivity contribution in [3.8, 4) is 0 Å². The molecule has 68 valence electrons. The van der Waals surface area contributed by atoms with E-state index in [1.165, 1.54) is 6.42 Å². The van der Waals surface area contributed by atoms with Crippen molar-refractivity contribution in [1.82, 2.24) is 9.80 Å². The second kappa shape index (κ2) is 3.03. The number of nitrogens with zero attached hydrogens (tertiary/aromatic N) is 2. The number of hydrogen-bond donors (Lipinski definition) is 1. The molecule has 0 radical (unpaired) electrons. The molecule has 0 aromatic rings. The Kier molecular flexibility index (Phi) is 2.02. The van der Waals surface area contributed by atoms with E-state index in [1.54, 1.807) is 0 Å². The van der Waals surface area contributed by atoms with Gasteiger partial charge in [-0.15, -0.1) is 0 Å². The summed E-state index contributed by atoms with van der Waals surface area (Å²) in [6.07, 6.45) is 1.17. The van der Waals surface area contributed by atoms with Crippen LogP contribution < -0.4 is 5.73 Å². The van der Waals surface area contributed by atoms with E-state index >= 15 is 0 Å². The van der Waals surface area contributed by atoms with Crippen molar-refractivity contribution < 1.29 is 4.79 Å². The van der Waals surface area contributed by atoms with Crippen LogP contribution in [0.2, 0.25) is 0 Å². The van der Waals surface area contributed by atoms with Gasteiger partial charge >= 0.3 is 0 Å². The maximum absolute atomic E-state index is 11.4. The molecule has 0 aliphatic carbocycles. The molecule has 1 amide bonds. The first-order chi connectivity index (χ1) is 5.75. The largest absolute Gasteiger partial charge is 0.341 e. The number of nitrogens with two attached hydrogens (primary N) is 1. The molecule has 2 rings (SSSR count). The highest BCUT2D eigenvalue weighted by Crippen LogP contribution is 2.09. The fourth-order valence-corrected chi connectivity index (χ4v) is 1.60. The van der Waals surface area contributed by atoms with E-state index in [0.717, 1.165) is 26.2 Å². The molecule has 12 heavy (non-hydrogen) atoms. The van der Waals surface area contributed by atoms with Crippen molar-refractivity contribution >= 4 is 5.91 Å². The Morgan fingerprint density at radius 3 is 2.50 bits per heavy atom. The average Bonchev–Trinajstić information content (AvgIpc) is 1.79. The maximum Gasteiger partial charge on any atom is 0.236 e. The third kappa shape index (κ3) is 1.44. The van der Waals surface area contributed by atoms with Gasteiger partial charge in [-0.3, -0.25) is 9.69 Å². The van der Waals surface area contributed by atoms with Gasteiger partial charge < -0.3 is 10.6 Å². The van der Waals surface area contributed by atoms with Gasteiger partial charge in [0.15, 0.2) is 0 Å². The van der Waals surface area contributed by atoms with Crippen LogP contribution in [0.3, 0.4) is 0 Å². The molecule has 0 aromatic heterocycles. The standard InChI is InChI=1S/C8H15N3O/c9-7-4-10(5-7)6-8(12)11-2-1-3-11/h7H,1-6,9H2. The molecule has 4 nitrogen and oxygen atoms in total. The van der Waals surface area contributed by atoms with Crippen molar-refractivity contribution in [3.05, 3.63) is 0 Å². The molecule has 4 heteroatoms. The fourth-order valence-electron chi connectivity index (χ4n) is 1.60. The van der Waals surface area contributed by atoms with Crippen molar-refractivity contribution in [2.45, 2.75) is 12.5 Å². The van der Waals surface area contributed by atoms with Gasteiger partial charge in [0, 0.05) is 32.2 Å². The highest BCUT2D eigenvalue weighted by Gasteiger charge is 2.28. The lowest BCUT2D eigenvalue weighted by Gasteiger charge is -2.39. The van der Waals surface area contributed by atoms with Gasteiger partial charge in [0.25, 0.3) is 0 Å². The fraction of sp³-hybridized carbons (Fsp3) is 0.875. The molecule has 0 aromatic carbocycles. The minimum absolute atomic E-state index is 0.271. The number of carbonyl (C=O) groups excluding carboxylic acids is 1. The van der Waals surface area contributed by atoms with Gasteiger partial charge in [-0.2, -0.15) is 0 Å². The zero-order valence-electron chi connectivity index (χ0n) is 7.20.